The molecule has 0 radical (unpaired) electrons. The predicted molar refractivity (Wildman–Crippen MR) is 100.0 cm³/mol. The van der Waals surface area contributed by atoms with Gasteiger partial charge >= 0.3 is 0 Å². The van der Waals surface area contributed by atoms with Crippen LogP contribution in [0, 0.1) is 0 Å². The molecule has 2 aromatic rings. The number of hydrogen-bond acceptors (Lipinski definition) is 1. The SMILES string of the molecule is I.NC(=NCc1ccc(Br)cc1Cl)Nc1ccccc1. The minimum atomic E-state index is 0. The Morgan fingerprint density at radius 1 is 1.20 bits per heavy atom. The first-order valence-electron chi connectivity index (χ1n) is 5.71. The molecule has 0 aromatic heterocycles. The van der Waals surface area contributed by atoms with E-state index in [4.69, 9.17) is 17.3 Å². The lowest BCUT2D eigenvalue weighted by Gasteiger charge is -2.06. The van der Waals surface area contributed by atoms with E-state index in [-0.39, 0.29) is 24.0 Å². The van der Waals surface area contributed by atoms with Gasteiger partial charge in [0.2, 0.25) is 0 Å². The van der Waals surface area contributed by atoms with Crippen molar-refractivity contribution in [1.29, 1.82) is 0 Å². The van der Waals surface area contributed by atoms with E-state index in [9.17, 15) is 0 Å². The van der Waals surface area contributed by atoms with Crippen LogP contribution in [0.25, 0.3) is 0 Å². The third kappa shape index (κ3) is 5.30. The summed E-state index contributed by atoms with van der Waals surface area (Å²) >= 11 is 9.48. The van der Waals surface area contributed by atoms with Crippen LogP contribution in [0.3, 0.4) is 0 Å². The highest BCUT2D eigenvalue weighted by atomic mass is 127. The molecule has 0 saturated carbocycles. The summed E-state index contributed by atoms with van der Waals surface area (Å²) in [5.41, 5.74) is 7.66. The monoisotopic (exact) mass is 465 g/mol. The third-order valence-electron chi connectivity index (χ3n) is 2.48. The van der Waals surface area contributed by atoms with Crippen molar-refractivity contribution in [3.05, 3.63) is 63.6 Å². The minimum absolute atomic E-state index is 0. The van der Waals surface area contributed by atoms with Crippen molar-refractivity contribution in [3.63, 3.8) is 0 Å². The maximum atomic E-state index is 6.11. The van der Waals surface area contributed by atoms with Crippen LogP contribution < -0.4 is 11.1 Å². The summed E-state index contributed by atoms with van der Waals surface area (Å²) in [5, 5.41) is 3.69. The Labute approximate surface area is 148 Å². The number of guanidine groups is 1. The van der Waals surface area contributed by atoms with E-state index in [0.717, 1.165) is 15.7 Å². The van der Waals surface area contributed by atoms with Gasteiger partial charge in [0, 0.05) is 15.2 Å². The van der Waals surface area contributed by atoms with Gasteiger partial charge in [0.1, 0.15) is 0 Å². The second-order valence-corrected chi connectivity index (χ2v) is 5.25. The van der Waals surface area contributed by atoms with Crippen LogP contribution in [0.15, 0.2) is 58.0 Å². The number of anilines is 1. The summed E-state index contributed by atoms with van der Waals surface area (Å²) in [4.78, 5) is 4.26. The molecule has 0 unspecified atom stereocenters. The zero-order valence-electron chi connectivity index (χ0n) is 10.5. The Bertz CT molecular complexity index is 590. The van der Waals surface area contributed by atoms with Crippen LogP contribution in [0.4, 0.5) is 5.69 Å². The fourth-order valence-corrected chi connectivity index (χ4v) is 2.26. The van der Waals surface area contributed by atoms with E-state index in [1.54, 1.807) is 0 Å². The van der Waals surface area contributed by atoms with Crippen LogP contribution in [0.5, 0.6) is 0 Å². The average Bonchev–Trinajstić information content (AvgIpc) is 2.39. The largest absolute Gasteiger partial charge is 0.370 e. The number of nitrogens with zero attached hydrogens (tertiary/aromatic N) is 1. The van der Waals surface area contributed by atoms with Gasteiger partial charge in [-0.2, -0.15) is 0 Å². The number of nitrogens with two attached hydrogens (primary N) is 1. The molecule has 0 aliphatic heterocycles. The van der Waals surface area contributed by atoms with Crippen molar-refractivity contribution < 1.29 is 0 Å². The lowest BCUT2D eigenvalue weighted by molar-refractivity contribution is 1.06. The van der Waals surface area contributed by atoms with Gasteiger partial charge in [-0.15, -0.1) is 24.0 Å². The molecule has 6 heteroatoms. The molecular weight excluding hydrogens is 452 g/mol. The topological polar surface area (TPSA) is 50.4 Å². The van der Waals surface area contributed by atoms with E-state index in [0.29, 0.717) is 17.5 Å². The zero-order valence-corrected chi connectivity index (χ0v) is 15.2. The Morgan fingerprint density at radius 3 is 2.55 bits per heavy atom. The molecule has 0 amide bonds. The fourth-order valence-electron chi connectivity index (χ4n) is 1.53. The minimum Gasteiger partial charge on any atom is -0.370 e. The van der Waals surface area contributed by atoms with Gasteiger partial charge in [0.15, 0.2) is 5.96 Å². The fraction of sp³-hybridized carbons (Fsp3) is 0.0714. The number of halogens is 3. The summed E-state index contributed by atoms with van der Waals surface area (Å²) in [6.45, 7) is 0.442. The standard InChI is InChI=1S/C14H13BrClN3.HI/c15-11-7-6-10(13(16)8-11)9-18-14(17)19-12-4-2-1-3-5-12;/h1-8H,9H2,(H3,17,18,19);1H. The highest BCUT2D eigenvalue weighted by Crippen LogP contribution is 2.21. The van der Waals surface area contributed by atoms with Crippen molar-refractivity contribution in [3.8, 4) is 0 Å². The molecule has 2 rings (SSSR count). The van der Waals surface area contributed by atoms with E-state index in [2.05, 4.69) is 26.2 Å². The quantitative estimate of drug-likeness (QED) is 0.393. The molecule has 3 nitrogen and oxygen atoms in total. The van der Waals surface area contributed by atoms with Gasteiger partial charge in [-0.1, -0.05) is 51.8 Å². The van der Waals surface area contributed by atoms with Crippen molar-refractivity contribution in [2.45, 2.75) is 6.54 Å². The zero-order chi connectivity index (χ0) is 13.7. The van der Waals surface area contributed by atoms with Crippen LogP contribution in [-0.4, -0.2) is 5.96 Å². The van der Waals surface area contributed by atoms with Gasteiger partial charge < -0.3 is 11.1 Å². The van der Waals surface area contributed by atoms with Crippen molar-refractivity contribution in [2.75, 3.05) is 5.32 Å². The molecule has 0 aliphatic rings. The maximum absolute atomic E-state index is 6.11. The van der Waals surface area contributed by atoms with Crippen LogP contribution in [0.1, 0.15) is 5.56 Å². The Balaban J connectivity index is 0.00000200. The lowest BCUT2D eigenvalue weighted by Crippen LogP contribution is -2.22. The molecule has 0 saturated heterocycles. The smallest absolute Gasteiger partial charge is 0.193 e. The molecule has 0 atom stereocenters. The summed E-state index contributed by atoms with van der Waals surface area (Å²) in [5.74, 6) is 0.366. The van der Waals surface area contributed by atoms with E-state index >= 15 is 0 Å². The van der Waals surface area contributed by atoms with Crippen LogP contribution in [-0.2, 0) is 6.54 Å². The molecule has 2 aromatic carbocycles. The summed E-state index contributed by atoms with van der Waals surface area (Å²) in [6.07, 6.45) is 0. The van der Waals surface area contributed by atoms with Gasteiger partial charge in [-0.05, 0) is 29.8 Å². The molecule has 0 heterocycles. The van der Waals surface area contributed by atoms with Gasteiger partial charge in [-0.25, -0.2) is 4.99 Å². The maximum Gasteiger partial charge on any atom is 0.193 e. The number of hydrogen-bond donors (Lipinski definition) is 2. The Hall–Kier alpha value is -0.790. The van der Waals surface area contributed by atoms with E-state index < -0.39 is 0 Å². The molecule has 0 bridgehead atoms. The van der Waals surface area contributed by atoms with Crippen molar-refractivity contribution >= 4 is 63.2 Å². The Kier molecular flexibility index (Phi) is 7.32. The first-order valence-corrected chi connectivity index (χ1v) is 6.88. The highest BCUT2D eigenvalue weighted by molar-refractivity contribution is 14.0. The highest BCUT2D eigenvalue weighted by Gasteiger charge is 2.00. The molecule has 20 heavy (non-hydrogen) atoms. The summed E-state index contributed by atoms with van der Waals surface area (Å²) < 4.78 is 0.945. The number of nitrogens with one attached hydrogen (secondary N) is 1. The van der Waals surface area contributed by atoms with Gasteiger partial charge in [0.25, 0.3) is 0 Å². The molecule has 0 spiro atoms. The van der Waals surface area contributed by atoms with Crippen LogP contribution in [0.2, 0.25) is 5.02 Å². The molecule has 0 aliphatic carbocycles. The normalized spacial score (nSPS) is 10.8. The second kappa shape index (κ2) is 8.49. The molecular formula is C14H14BrClIN3. The van der Waals surface area contributed by atoms with Crippen molar-refractivity contribution in [1.82, 2.24) is 0 Å². The number of aliphatic imine (C=N–C) groups is 1. The average molecular weight is 467 g/mol. The van der Waals surface area contributed by atoms with E-state index in [1.807, 2.05) is 48.5 Å². The molecule has 0 fully saturated rings. The van der Waals surface area contributed by atoms with Gasteiger partial charge in [-0.3, -0.25) is 0 Å². The lowest BCUT2D eigenvalue weighted by atomic mass is 10.2. The number of rotatable bonds is 3. The van der Waals surface area contributed by atoms with E-state index in [1.165, 1.54) is 0 Å². The molecule has 3 N–H and O–H groups in total. The van der Waals surface area contributed by atoms with Gasteiger partial charge in [0.05, 0.1) is 6.54 Å². The third-order valence-corrected chi connectivity index (χ3v) is 3.33. The second-order valence-electron chi connectivity index (χ2n) is 3.93. The summed E-state index contributed by atoms with van der Waals surface area (Å²) in [7, 11) is 0. The summed E-state index contributed by atoms with van der Waals surface area (Å²) in [6, 6.07) is 15.4. The first-order chi connectivity index (χ1) is 9.15. The predicted octanol–water partition coefficient (Wildman–Crippen LogP) is 4.65. The molecule has 106 valence electrons. The number of benzene rings is 2. The number of para-hydroxylation sites is 1. The van der Waals surface area contributed by atoms with Crippen molar-refractivity contribution in [2.24, 2.45) is 10.7 Å². The van der Waals surface area contributed by atoms with Crippen LogP contribution >= 0.6 is 51.5 Å². The Morgan fingerprint density at radius 2 is 1.90 bits per heavy atom. The first kappa shape index (κ1) is 17.3.